The highest BCUT2D eigenvalue weighted by Gasteiger charge is 2.11. The number of likely N-dealkylation sites (N-methyl/N-ethyl adjacent to an activating group) is 1. The van der Waals surface area contributed by atoms with Gasteiger partial charge in [0.1, 0.15) is 0 Å². The van der Waals surface area contributed by atoms with Gasteiger partial charge in [0.15, 0.2) is 0 Å². The summed E-state index contributed by atoms with van der Waals surface area (Å²) in [5.74, 6) is 1.17. The third-order valence-electron chi connectivity index (χ3n) is 2.61. The molecule has 0 heterocycles. The molecule has 0 fully saturated rings. The van der Waals surface area contributed by atoms with Crippen LogP contribution < -0.4 is 5.73 Å². The Kier molecular flexibility index (Phi) is 9.60. The van der Waals surface area contributed by atoms with Crippen molar-refractivity contribution >= 4 is 11.8 Å². The van der Waals surface area contributed by atoms with Crippen LogP contribution in [-0.4, -0.2) is 56.3 Å². The smallest absolute Gasteiger partial charge is 0.0462 e. The quantitative estimate of drug-likeness (QED) is 0.613. The van der Waals surface area contributed by atoms with Crippen molar-refractivity contribution in [1.29, 1.82) is 0 Å². The van der Waals surface area contributed by atoms with Crippen molar-refractivity contribution in [3.63, 3.8) is 0 Å². The van der Waals surface area contributed by atoms with Crippen LogP contribution in [-0.2, 0) is 4.74 Å². The van der Waals surface area contributed by atoms with Gasteiger partial charge in [0, 0.05) is 38.1 Å². The van der Waals surface area contributed by atoms with Gasteiger partial charge in [-0.25, -0.2) is 0 Å². The van der Waals surface area contributed by atoms with Crippen LogP contribution >= 0.6 is 11.8 Å². The van der Waals surface area contributed by atoms with E-state index < -0.39 is 0 Å². The molecular formula is C11H26N2OS. The fourth-order valence-corrected chi connectivity index (χ4v) is 2.24. The highest BCUT2D eigenvalue weighted by molar-refractivity contribution is 7.98. The van der Waals surface area contributed by atoms with Crippen LogP contribution in [0.3, 0.4) is 0 Å². The third kappa shape index (κ3) is 8.08. The number of rotatable bonds is 9. The van der Waals surface area contributed by atoms with Crippen LogP contribution in [0.5, 0.6) is 0 Å². The molecule has 0 saturated carbocycles. The molecule has 2 N–H and O–H groups in total. The van der Waals surface area contributed by atoms with Gasteiger partial charge in [-0.05, 0) is 33.1 Å². The zero-order valence-corrected chi connectivity index (χ0v) is 11.3. The minimum absolute atomic E-state index is 0.273. The number of nitrogens with zero attached hydrogens (tertiary/aromatic N) is 1. The monoisotopic (exact) mass is 234 g/mol. The average molecular weight is 234 g/mol. The van der Waals surface area contributed by atoms with E-state index in [1.807, 2.05) is 11.8 Å². The predicted molar refractivity (Wildman–Crippen MR) is 69.6 cm³/mol. The fraction of sp³-hybridized carbons (Fsp3) is 1.00. The largest absolute Gasteiger partial charge is 0.385 e. The molecule has 0 bridgehead atoms. The third-order valence-corrected chi connectivity index (χ3v) is 3.42. The van der Waals surface area contributed by atoms with Crippen molar-refractivity contribution in [2.75, 3.05) is 39.3 Å². The summed E-state index contributed by atoms with van der Waals surface area (Å²) in [6.45, 7) is 4.04. The first kappa shape index (κ1) is 15.2. The first-order valence-electron chi connectivity index (χ1n) is 5.55. The molecule has 92 valence electrons. The minimum Gasteiger partial charge on any atom is -0.385 e. The Morgan fingerprint density at radius 3 is 2.67 bits per heavy atom. The summed E-state index contributed by atoms with van der Waals surface area (Å²) < 4.78 is 5.01. The summed E-state index contributed by atoms with van der Waals surface area (Å²) in [6.07, 6.45) is 4.25. The highest BCUT2D eigenvalue weighted by atomic mass is 32.2. The maximum atomic E-state index is 6.05. The standard InChI is InChI=1S/C11H26N2OS/c1-10(9-15-4)13(2)8-11(12)6-5-7-14-3/h10-11H,5-9,12H2,1-4H3. The van der Waals surface area contributed by atoms with Gasteiger partial charge >= 0.3 is 0 Å². The van der Waals surface area contributed by atoms with E-state index in [0.717, 1.165) is 26.0 Å². The number of ether oxygens (including phenoxy) is 1. The normalized spacial score (nSPS) is 15.6. The Morgan fingerprint density at radius 1 is 1.47 bits per heavy atom. The Bertz CT molecular complexity index is 147. The number of hydrogen-bond acceptors (Lipinski definition) is 4. The van der Waals surface area contributed by atoms with Gasteiger partial charge in [-0.3, -0.25) is 0 Å². The average Bonchev–Trinajstić information content (AvgIpc) is 2.18. The van der Waals surface area contributed by atoms with Gasteiger partial charge < -0.3 is 15.4 Å². The molecule has 0 spiro atoms. The number of thioether (sulfide) groups is 1. The van der Waals surface area contributed by atoms with Crippen molar-refractivity contribution in [2.45, 2.75) is 31.8 Å². The molecule has 3 nitrogen and oxygen atoms in total. The fourth-order valence-electron chi connectivity index (χ4n) is 1.50. The Labute approximate surface area is 98.7 Å². The lowest BCUT2D eigenvalue weighted by Crippen LogP contribution is -2.40. The van der Waals surface area contributed by atoms with Gasteiger partial charge in [0.05, 0.1) is 0 Å². The maximum absolute atomic E-state index is 6.05. The number of hydrogen-bond donors (Lipinski definition) is 1. The van der Waals surface area contributed by atoms with Gasteiger partial charge in [-0.2, -0.15) is 11.8 Å². The van der Waals surface area contributed by atoms with Crippen LogP contribution in [0.1, 0.15) is 19.8 Å². The van der Waals surface area contributed by atoms with Crippen LogP contribution in [0.2, 0.25) is 0 Å². The van der Waals surface area contributed by atoms with Crippen LogP contribution in [0.4, 0.5) is 0 Å². The minimum atomic E-state index is 0.273. The molecule has 0 aliphatic rings. The van der Waals surface area contributed by atoms with Gasteiger partial charge in [-0.1, -0.05) is 0 Å². The molecule has 0 saturated heterocycles. The molecule has 0 aromatic heterocycles. The molecule has 15 heavy (non-hydrogen) atoms. The number of methoxy groups -OCH3 is 1. The molecule has 0 aromatic carbocycles. The van der Waals surface area contributed by atoms with Crippen molar-refractivity contribution < 1.29 is 4.74 Å². The van der Waals surface area contributed by atoms with E-state index >= 15 is 0 Å². The topological polar surface area (TPSA) is 38.5 Å². The summed E-state index contributed by atoms with van der Waals surface area (Å²) in [5, 5.41) is 0. The zero-order chi connectivity index (χ0) is 11.7. The van der Waals surface area contributed by atoms with E-state index in [1.54, 1.807) is 7.11 Å². The molecule has 0 radical (unpaired) electrons. The first-order chi connectivity index (χ1) is 7.11. The second kappa shape index (κ2) is 9.46. The Hall–Kier alpha value is 0.230. The van der Waals surface area contributed by atoms with Crippen LogP contribution in [0.15, 0.2) is 0 Å². The molecule has 0 aromatic rings. The second-order valence-corrected chi connectivity index (χ2v) is 5.05. The SMILES string of the molecule is COCCCC(N)CN(C)C(C)CSC. The summed E-state index contributed by atoms with van der Waals surface area (Å²) >= 11 is 1.88. The Morgan fingerprint density at radius 2 is 2.13 bits per heavy atom. The lowest BCUT2D eigenvalue weighted by Gasteiger charge is -2.27. The number of nitrogens with two attached hydrogens (primary N) is 1. The van der Waals surface area contributed by atoms with E-state index in [1.165, 1.54) is 5.75 Å². The molecule has 0 aliphatic heterocycles. The predicted octanol–water partition coefficient (Wildman–Crippen LogP) is 1.42. The molecule has 0 rings (SSSR count). The molecule has 4 heteroatoms. The van der Waals surface area contributed by atoms with Crippen molar-refractivity contribution in [2.24, 2.45) is 5.73 Å². The lowest BCUT2D eigenvalue weighted by atomic mass is 10.1. The molecular weight excluding hydrogens is 208 g/mol. The van der Waals surface area contributed by atoms with Crippen molar-refractivity contribution in [3.05, 3.63) is 0 Å². The van der Waals surface area contributed by atoms with Crippen LogP contribution in [0.25, 0.3) is 0 Å². The first-order valence-corrected chi connectivity index (χ1v) is 6.94. The van der Waals surface area contributed by atoms with Gasteiger partial charge in [0.25, 0.3) is 0 Å². The van der Waals surface area contributed by atoms with E-state index in [9.17, 15) is 0 Å². The summed E-state index contributed by atoms with van der Waals surface area (Å²) in [4.78, 5) is 2.34. The summed E-state index contributed by atoms with van der Waals surface area (Å²) in [5.41, 5.74) is 6.05. The van der Waals surface area contributed by atoms with E-state index in [0.29, 0.717) is 6.04 Å². The second-order valence-electron chi connectivity index (χ2n) is 4.14. The van der Waals surface area contributed by atoms with Crippen molar-refractivity contribution in [1.82, 2.24) is 4.90 Å². The van der Waals surface area contributed by atoms with E-state index in [4.69, 9.17) is 10.5 Å². The summed E-state index contributed by atoms with van der Waals surface area (Å²) in [7, 11) is 3.88. The van der Waals surface area contributed by atoms with Gasteiger partial charge in [0.2, 0.25) is 0 Å². The van der Waals surface area contributed by atoms with Crippen molar-refractivity contribution in [3.8, 4) is 0 Å². The highest BCUT2D eigenvalue weighted by Crippen LogP contribution is 2.05. The van der Waals surface area contributed by atoms with Gasteiger partial charge in [-0.15, -0.1) is 0 Å². The summed E-state index contributed by atoms with van der Waals surface area (Å²) in [6, 6.07) is 0.878. The molecule has 2 atom stereocenters. The Balaban J connectivity index is 3.60. The molecule has 2 unspecified atom stereocenters. The zero-order valence-electron chi connectivity index (χ0n) is 10.5. The van der Waals surface area contributed by atoms with Crippen LogP contribution in [0, 0.1) is 0 Å². The molecule has 0 aliphatic carbocycles. The molecule has 0 amide bonds. The lowest BCUT2D eigenvalue weighted by molar-refractivity contribution is 0.185. The van der Waals surface area contributed by atoms with E-state index in [2.05, 4.69) is 25.1 Å². The van der Waals surface area contributed by atoms with E-state index in [-0.39, 0.29) is 6.04 Å². The maximum Gasteiger partial charge on any atom is 0.0462 e.